The highest BCUT2D eigenvalue weighted by molar-refractivity contribution is 4.91. The molecule has 1 rings (SSSR count). The van der Waals surface area contributed by atoms with E-state index in [4.69, 9.17) is 9.47 Å². The Morgan fingerprint density at radius 1 is 1.33 bits per heavy atom. The Morgan fingerprint density at radius 3 is 2.33 bits per heavy atom. The van der Waals surface area contributed by atoms with E-state index in [1.54, 1.807) is 14.2 Å². The van der Waals surface area contributed by atoms with Crippen LogP contribution in [0.5, 0.6) is 0 Å². The summed E-state index contributed by atoms with van der Waals surface area (Å²) < 4.78 is 10.8. The molecule has 0 bridgehead atoms. The second kappa shape index (κ2) is 8.08. The highest BCUT2D eigenvalue weighted by Crippen LogP contribution is 2.23. The van der Waals surface area contributed by atoms with E-state index < -0.39 is 0 Å². The molecule has 0 saturated carbocycles. The van der Waals surface area contributed by atoms with Crippen LogP contribution in [0.25, 0.3) is 0 Å². The van der Waals surface area contributed by atoms with Crippen LogP contribution in [0.15, 0.2) is 0 Å². The Bertz CT molecular complexity index is 141. The summed E-state index contributed by atoms with van der Waals surface area (Å²) in [5.74, 6) is 0. The molecule has 2 unspecified atom stereocenters. The van der Waals surface area contributed by atoms with Gasteiger partial charge in [0.1, 0.15) is 0 Å². The highest BCUT2D eigenvalue weighted by Gasteiger charge is 2.37. The molecular weight excluding hydrogens is 190 g/mol. The number of likely N-dealkylation sites (tertiary alicyclic amines) is 1. The third-order valence-electron chi connectivity index (χ3n) is 3.07. The molecule has 15 heavy (non-hydrogen) atoms. The van der Waals surface area contributed by atoms with E-state index in [-0.39, 0.29) is 6.10 Å². The number of likely N-dealkylation sites (N-methyl/N-ethyl adjacent to an activating group) is 1. The van der Waals surface area contributed by atoms with Gasteiger partial charge in [-0.15, -0.1) is 0 Å². The predicted octanol–water partition coefficient (Wildman–Crippen LogP) is 2.16. The number of rotatable bonds is 4. The summed E-state index contributed by atoms with van der Waals surface area (Å²) in [6, 6.07) is 0.431. The van der Waals surface area contributed by atoms with Crippen LogP contribution in [0.3, 0.4) is 0 Å². The molecule has 0 N–H and O–H groups in total. The zero-order valence-electron chi connectivity index (χ0n) is 11.1. The first-order valence-electron chi connectivity index (χ1n) is 6.04. The monoisotopic (exact) mass is 217 g/mol. The minimum Gasteiger partial charge on any atom is -0.380 e. The summed E-state index contributed by atoms with van der Waals surface area (Å²) in [5.41, 5.74) is 0. The molecule has 1 heterocycles. The maximum Gasteiger partial charge on any atom is 0.0763 e. The summed E-state index contributed by atoms with van der Waals surface area (Å²) in [5, 5.41) is 0. The van der Waals surface area contributed by atoms with Gasteiger partial charge in [-0.2, -0.15) is 0 Å². The van der Waals surface area contributed by atoms with Gasteiger partial charge in [0.05, 0.1) is 18.2 Å². The quantitative estimate of drug-likeness (QED) is 0.720. The fraction of sp³-hybridized carbons (Fsp3) is 1.00. The summed E-state index contributed by atoms with van der Waals surface area (Å²) in [7, 11) is 3.56. The normalized spacial score (nSPS) is 28.4. The van der Waals surface area contributed by atoms with E-state index in [2.05, 4.69) is 18.7 Å². The third-order valence-corrected chi connectivity index (χ3v) is 3.07. The SMILES string of the molecule is CC.CCN1CC[C@H](OC)C1C(C)OC. The molecule has 1 saturated heterocycles. The van der Waals surface area contributed by atoms with Crippen molar-refractivity contribution in [2.24, 2.45) is 0 Å². The number of hydrogen-bond acceptors (Lipinski definition) is 3. The van der Waals surface area contributed by atoms with E-state index in [0.29, 0.717) is 12.1 Å². The van der Waals surface area contributed by atoms with E-state index >= 15 is 0 Å². The van der Waals surface area contributed by atoms with Crippen LogP contribution in [0.4, 0.5) is 0 Å². The van der Waals surface area contributed by atoms with Gasteiger partial charge in [0.15, 0.2) is 0 Å². The summed E-state index contributed by atoms with van der Waals surface area (Å²) in [6.45, 7) is 10.5. The van der Waals surface area contributed by atoms with E-state index in [1.807, 2.05) is 13.8 Å². The van der Waals surface area contributed by atoms with Gasteiger partial charge in [-0.1, -0.05) is 20.8 Å². The summed E-state index contributed by atoms with van der Waals surface area (Å²) in [6.07, 6.45) is 1.73. The van der Waals surface area contributed by atoms with Gasteiger partial charge in [0.25, 0.3) is 0 Å². The van der Waals surface area contributed by atoms with Crippen LogP contribution in [0.2, 0.25) is 0 Å². The average Bonchev–Trinajstić information content (AvgIpc) is 2.73. The summed E-state index contributed by atoms with van der Waals surface area (Å²) in [4.78, 5) is 2.43. The van der Waals surface area contributed by atoms with Crippen molar-refractivity contribution >= 4 is 0 Å². The Labute approximate surface area is 94.7 Å². The topological polar surface area (TPSA) is 21.7 Å². The van der Waals surface area contributed by atoms with Crippen molar-refractivity contribution in [1.82, 2.24) is 4.90 Å². The predicted molar refractivity (Wildman–Crippen MR) is 64.3 cm³/mol. The second-order valence-corrected chi connectivity index (χ2v) is 3.62. The van der Waals surface area contributed by atoms with E-state index in [9.17, 15) is 0 Å². The zero-order chi connectivity index (χ0) is 11.8. The Morgan fingerprint density at radius 2 is 1.93 bits per heavy atom. The minimum absolute atomic E-state index is 0.257. The van der Waals surface area contributed by atoms with Gasteiger partial charge >= 0.3 is 0 Å². The van der Waals surface area contributed by atoms with Crippen molar-refractivity contribution in [1.29, 1.82) is 0 Å². The molecule has 0 spiro atoms. The van der Waals surface area contributed by atoms with Gasteiger partial charge in [0.2, 0.25) is 0 Å². The molecule has 92 valence electrons. The minimum atomic E-state index is 0.257. The van der Waals surface area contributed by atoms with Gasteiger partial charge in [-0.05, 0) is 19.9 Å². The van der Waals surface area contributed by atoms with Crippen molar-refractivity contribution in [3.8, 4) is 0 Å². The lowest BCUT2D eigenvalue weighted by Gasteiger charge is -2.30. The Hall–Kier alpha value is -0.120. The van der Waals surface area contributed by atoms with Crippen LogP contribution in [0, 0.1) is 0 Å². The van der Waals surface area contributed by atoms with Gasteiger partial charge < -0.3 is 9.47 Å². The molecule has 1 aliphatic rings. The standard InChI is InChI=1S/C10H21NO2.C2H6/c1-5-11-7-6-9(13-4)10(11)8(2)12-3;1-2/h8-10H,5-7H2,1-4H3;1-2H3/t8?,9-,10?;/m0./s1. The number of methoxy groups -OCH3 is 2. The lowest BCUT2D eigenvalue weighted by atomic mass is 10.1. The molecule has 0 aromatic rings. The van der Waals surface area contributed by atoms with Crippen molar-refractivity contribution in [2.75, 3.05) is 27.3 Å². The van der Waals surface area contributed by atoms with E-state index in [1.165, 1.54) is 0 Å². The van der Waals surface area contributed by atoms with Gasteiger partial charge in [0, 0.05) is 20.8 Å². The fourth-order valence-corrected chi connectivity index (χ4v) is 2.21. The zero-order valence-corrected chi connectivity index (χ0v) is 11.1. The fourth-order valence-electron chi connectivity index (χ4n) is 2.21. The first-order valence-corrected chi connectivity index (χ1v) is 6.04. The van der Waals surface area contributed by atoms with Crippen LogP contribution < -0.4 is 0 Å². The summed E-state index contributed by atoms with van der Waals surface area (Å²) >= 11 is 0. The number of nitrogens with zero attached hydrogens (tertiary/aromatic N) is 1. The Balaban J connectivity index is 0.000000921. The molecule has 3 nitrogen and oxygen atoms in total. The molecule has 3 heteroatoms. The van der Waals surface area contributed by atoms with Gasteiger partial charge in [-0.25, -0.2) is 0 Å². The lowest BCUT2D eigenvalue weighted by molar-refractivity contribution is -0.0166. The van der Waals surface area contributed by atoms with Crippen molar-refractivity contribution in [2.45, 2.75) is 52.4 Å². The first kappa shape index (κ1) is 14.9. The number of ether oxygens (including phenoxy) is 2. The molecule has 0 radical (unpaired) electrons. The van der Waals surface area contributed by atoms with E-state index in [0.717, 1.165) is 19.5 Å². The largest absolute Gasteiger partial charge is 0.380 e. The van der Waals surface area contributed by atoms with Crippen molar-refractivity contribution in [3.05, 3.63) is 0 Å². The van der Waals surface area contributed by atoms with Crippen molar-refractivity contribution in [3.63, 3.8) is 0 Å². The molecule has 0 aromatic heterocycles. The maximum absolute atomic E-state index is 5.46. The van der Waals surface area contributed by atoms with Crippen LogP contribution >= 0.6 is 0 Å². The van der Waals surface area contributed by atoms with Crippen molar-refractivity contribution < 1.29 is 9.47 Å². The van der Waals surface area contributed by atoms with Crippen LogP contribution in [0.1, 0.15) is 34.1 Å². The molecular formula is C12H27NO2. The number of hydrogen-bond donors (Lipinski definition) is 0. The molecule has 0 amide bonds. The lowest BCUT2D eigenvalue weighted by Crippen LogP contribution is -2.44. The van der Waals surface area contributed by atoms with Crippen LogP contribution in [-0.4, -0.2) is 50.5 Å². The average molecular weight is 217 g/mol. The van der Waals surface area contributed by atoms with Gasteiger partial charge in [-0.3, -0.25) is 4.90 Å². The second-order valence-electron chi connectivity index (χ2n) is 3.62. The molecule has 1 fully saturated rings. The smallest absolute Gasteiger partial charge is 0.0763 e. The highest BCUT2D eigenvalue weighted by atomic mass is 16.5. The van der Waals surface area contributed by atoms with Crippen LogP contribution in [-0.2, 0) is 9.47 Å². The first-order chi connectivity index (χ1) is 7.24. The molecule has 0 aliphatic carbocycles. The molecule has 0 aromatic carbocycles. The third kappa shape index (κ3) is 3.74. The molecule has 3 atom stereocenters. The maximum atomic E-state index is 5.46. The molecule has 1 aliphatic heterocycles. The Kier molecular flexibility index (Phi) is 8.02.